The molecule has 8 rings (SSSR count). The largest absolute Gasteiger partial charge is 0.497 e. The van der Waals surface area contributed by atoms with E-state index in [2.05, 4.69) is 90.4 Å². The van der Waals surface area contributed by atoms with Gasteiger partial charge in [0.05, 0.1) is 7.11 Å². The summed E-state index contributed by atoms with van der Waals surface area (Å²) >= 11 is 0. The minimum absolute atomic E-state index is 0. The first kappa shape index (κ1) is 45.3. The van der Waals surface area contributed by atoms with Crippen LogP contribution in [0.15, 0.2) is 182 Å². The van der Waals surface area contributed by atoms with Crippen molar-refractivity contribution in [1.82, 2.24) is 0 Å². The monoisotopic (exact) mass is 864 g/mol. The Morgan fingerprint density at radius 1 is 0.429 bits per heavy atom. The molecule has 0 fully saturated rings. The molecule has 0 spiro atoms. The number of carbonyl (C=O) groups is 1. The molecule has 0 aromatic heterocycles. The molecule has 8 aromatic rings. The number of nitrogens with zero attached hydrogens (tertiary/aromatic N) is 2. The summed E-state index contributed by atoms with van der Waals surface area (Å²) in [7, 11) is 6.23. The van der Waals surface area contributed by atoms with Crippen LogP contribution >= 0.6 is 9.90 Å². The lowest BCUT2D eigenvalue weighted by Gasteiger charge is -2.28. The lowest BCUT2D eigenvalue weighted by atomic mass is 9.94. The minimum Gasteiger partial charge on any atom is -0.497 e. The normalized spacial score (nSPS) is 10.5. The van der Waals surface area contributed by atoms with Gasteiger partial charge in [0.15, 0.2) is 34.9 Å². The summed E-state index contributed by atoms with van der Waals surface area (Å²) in [5, 5.41) is 0. The zero-order chi connectivity index (χ0) is 43.8. The zero-order valence-electron chi connectivity index (χ0n) is 34.1. The van der Waals surface area contributed by atoms with Gasteiger partial charge in [-0.15, -0.1) is 0 Å². The number of ketones is 1. The zero-order valence-corrected chi connectivity index (χ0v) is 35.5. The summed E-state index contributed by atoms with van der Waals surface area (Å²) in [4.78, 5) is 17.4. The average Bonchev–Trinajstić information content (AvgIpc) is 3.32. The SMILES string of the molecule is COc1ccc(N(c2ccccc2)c2ccc(N(c3ccccc3)c3ccc(Oc4ccc(C(=O)c5ccc(C)cc5)cc4)cc3)cc2)cc1.P.[B]c1c(F)c(F)c(F)c(F)c1F. The van der Waals surface area contributed by atoms with Crippen molar-refractivity contribution >= 4 is 63.1 Å². The van der Waals surface area contributed by atoms with Gasteiger partial charge in [-0.2, -0.15) is 9.90 Å². The van der Waals surface area contributed by atoms with Crippen molar-refractivity contribution in [1.29, 1.82) is 0 Å². The maximum atomic E-state index is 12.9. The van der Waals surface area contributed by atoms with Crippen LogP contribution in [-0.4, -0.2) is 20.7 Å². The van der Waals surface area contributed by atoms with Crippen molar-refractivity contribution in [3.8, 4) is 17.2 Å². The van der Waals surface area contributed by atoms with Gasteiger partial charge < -0.3 is 19.3 Å². The van der Waals surface area contributed by atoms with Crippen LogP contribution in [0.3, 0.4) is 0 Å². The Kier molecular flexibility index (Phi) is 14.8. The number of anilines is 6. The molecule has 12 heteroatoms. The Hall–Kier alpha value is -7.23. The quantitative estimate of drug-likeness (QED) is 0.0324. The molecule has 1 unspecified atom stereocenters. The third-order valence-electron chi connectivity index (χ3n) is 9.73. The molecule has 0 saturated carbocycles. The van der Waals surface area contributed by atoms with E-state index in [0.29, 0.717) is 22.6 Å². The van der Waals surface area contributed by atoms with Crippen LogP contribution in [0, 0.1) is 36.0 Å². The molecule has 0 bridgehead atoms. The van der Waals surface area contributed by atoms with Crippen molar-refractivity contribution in [3.05, 3.63) is 228 Å². The van der Waals surface area contributed by atoms with Gasteiger partial charge in [0.2, 0.25) is 0 Å². The van der Waals surface area contributed by atoms with Gasteiger partial charge in [0, 0.05) is 45.3 Å². The number of rotatable bonds is 11. The lowest BCUT2D eigenvalue weighted by molar-refractivity contribution is 0.103. The maximum absolute atomic E-state index is 12.9. The predicted octanol–water partition coefficient (Wildman–Crippen LogP) is 13.2. The van der Waals surface area contributed by atoms with E-state index < -0.39 is 34.5 Å². The second-order valence-corrected chi connectivity index (χ2v) is 13.9. The Morgan fingerprint density at radius 2 is 0.730 bits per heavy atom. The van der Waals surface area contributed by atoms with E-state index in [-0.39, 0.29) is 15.7 Å². The highest BCUT2D eigenvalue weighted by Crippen LogP contribution is 2.40. The Labute approximate surface area is 367 Å². The summed E-state index contributed by atoms with van der Waals surface area (Å²) in [5.74, 6) is -8.13. The molecule has 0 amide bonds. The number of hydrogen-bond acceptors (Lipinski definition) is 5. The molecule has 0 N–H and O–H groups in total. The van der Waals surface area contributed by atoms with Crippen LogP contribution < -0.4 is 24.7 Å². The van der Waals surface area contributed by atoms with E-state index in [9.17, 15) is 26.7 Å². The molecular weight excluding hydrogens is 825 g/mol. The number of para-hydroxylation sites is 2. The van der Waals surface area contributed by atoms with E-state index in [0.717, 1.165) is 45.4 Å². The van der Waals surface area contributed by atoms with Crippen LogP contribution in [0.2, 0.25) is 0 Å². The fourth-order valence-corrected chi connectivity index (χ4v) is 6.50. The first-order chi connectivity index (χ1) is 30.0. The first-order valence-corrected chi connectivity index (χ1v) is 19.2. The van der Waals surface area contributed by atoms with Crippen LogP contribution in [0.5, 0.6) is 17.2 Å². The molecular formula is C51H39BF5N2O3P. The standard InChI is InChI=1S/C45H36N2O3.C6BF5.H3P/c1-33-13-15-34(16-14-33)45(48)35-17-27-43(28-18-35)50-44-31-25-41(26-32-44)47(37-11-7-4-8-12-37)39-21-19-38(20-22-39)46(36-9-5-3-6-10-36)40-23-29-42(49-2)30-24-40;7-1-2(8)4(10)6(12)5(11)3(1)9;/h3-32H,1-2H3;;1H3. The van der Waals surface area contributed by atoms with E-state index in [1.54, 1.807) is 19.2 Å². The van der Waals surface area contributed by atoms with Gasteiger partial charge in [-0.25, -0.2) is 22.0 Å². The van der Waals surface area contributed by atoms with Crippen molar-refractivity contribution in [2.24, 2.45) is 0 Å². The second-order valence-electron chi connectivity index (χ2n) is 13.9. The van der Waals surface area contributed by atoms with Crippen molar-refractivity contribution in [2.45, 2.75) is 6.92 Å². The topological polar surface area (TPSA) is 42.0 Å². The molecule has 0 heterocycles. The number of hydrogen-bond donors (Lipinski definition) is 0. The highest BCUT2D eigenvalue weighted by atomic mass is 31.0. The number of benzene rings is 8. The van der Waals surface area contributed by atoms with Crippen LogP contribution in [-0.2, 0) is 0 Å². The molecule has 8 aromatic carbocycles. The fourth-order valence-electron chi connectivity index (χ4n) is 6.50. The third kappa shape index (κ3) is 10.5. The highest BCUT2D eigenvalue weighted by molar-refractivity contribution is 6.92. The number of aryl methyl sites for hydroxylation is 1. The summed E-state index contributed by atoms with van der Waals surface area (Å²) < 4.78 is 72.7. The molecule has 0 aliphatic heterocycles. The fraction of sp³-hybridized carbons (Fsp3) is 0.0392. The Balaban J connectivity index is 0.000000441. The number of ether oxygens (including phenoxy) is 2. The average molecular weight is 865 g/mol. The molecule has 0 aliphatic carbocycles. The Bertz CT molecular complexity index is 2660. The highest BCUT2D eigenvalue weighted by Gasteiger charge is 2.22. The van der Waals surface area contributed by atoms with Crippen molar-refractivity contribution in [3.63, 3.8) is 0 Å². The molecule has 2 radical (unpaired) electrons. The summed E-state index contributed by atoms with van der Waals surface area (Å²) in [5.41, 5.74) is 7.23. The summed E-state index contributed by atoms with van der Waals surface area (Å²) in [6, 6.07) is 60.3. The third-order valence-corrected chi connectivity index (χ3v) is 9.73. The molecule has 5 nitrogen and oxygen atoms in total. The maximum Gasteiger partial charge on any atom is 0.200 e. The lowest BCUT2D eigenvalue weighted by Crippen LogP contribution is -2.20. The molecule has 63 heavy (non-hydrogen) atoms. The molecule has 0 aliphatic rings. The smallest absolute Gasteiger partial charge is 0.200 e. The summed E-state index contributed by atoms with van der Waals surface area (Å²) in [6.45, 7) is 2.01. The minimum atomic E-state index is -2.21. The van der Waals surface area contributed by atoms with E-state index in [1.807, 2.05) is 104 Å². The van der Waals surface area contributed by atoms with Crippen molar-refractivity contribution < 1.29 is 36.2 Å². The van der Waals surface area contributed by atoms with Crippen LogP contribution in [0.25, 0.3) is 0 Å². The van der Waals surface area contributed by atoms with Gasteiger partial charge >= 0.3 is 0 Å². The van der Waals surface area contributed by atoms with Gasteiger partial charge in [-0.3, -0.25) is 4.79 Å². The van der Waals surface area contributed by atoms with Gasteiger partial charge in [-0.1, -0.05) is 66.2 Å². The number of methoxy groups -OCH3 is 1. The van der Waals surface area contributed by atoms with Crippen LogP contribution in [0.4, 0.5) is 56.1 Å². The van der Waals surface area contributed by atoms with Crippen molar-refractivity contribution in [2.75, 3.05) is 16.9 Å². The van der Waals surface area contributed by atoms with Gasteiger partial charge in [-0.05, 0) is 134 Å². The number of carbonyl (C=O) groups excluding carboxylic acids is 1. The van der Waals surface area contributed by atoms with Gasteiger partial charge in [0.1, 0.15) is 25.1 Å². The molecule has 314 valence electrons. The van der Waals surface area contributed by atoms with E-state index in [4.69, 9.17) is 9.47 Å². The predicted molar refractivity (Wildman–Crippen MR) is 246 cm³/mol. The summed E-state index contributed by atoms with van der Waals surface area (Å²) in [6.07, 6.45) is 0. The molecule has 1 atom stereocenters. The van der Waals surface area contributed by atoms with E-state index >= 15 is 0 Å². The number of halogens is 5. The van der Waals surface area contributed by atoms with Gasteiger partial charge in [0.25, 0.3) is 0 Å². The van der Waals surface area contributed by atoms with Crippen LogP contribution in [0.1, 0.15) is 21.5 Å². The van der Waals surface area contributed by atoms with E-state index in [1.165, 1.54) is 0 Å². The Morgan fingerprint density at radius 3 is 1.11 bits per heavy atom. The first-order valence-electron chi connectivity index (χ1n) is 19.2. The molecule has 0 saturated heterocycles. The second kappa shape index (κ2) is 20.6.